The standard InChI is InChI=1S/C23H31NO4/c25-22-19-20(28-23-11-4-3-10-21(22)23)9-5-8-16-26-15-7-2-1-6-12-24-13-17-27-18-14-24/h5,8-9,16,19,21,23H,2-4,7,10-15,17-18H2/b9-5-,16-8+. The Bertz CT molecular complexity index is 649. The van der Waals surface area contributed by atoms with Gasteiger partial charge < -0.3 is 14.2 Å². The molecule has 0 aromatic rings. The lowest BCUT2D eigenvalue weighted by atomic mass is 9.82. The molecule has 5 heteroatoms. The van der Waals surface area contributed by atoms with Gasteiger partial charge in [-0.3, -0.25) is 9.69 Å². The molecule has 0 amide bonds. The van der Waals surface area contributed by atoms with Gasteiger partial charge in [0.05, 0.1) is 38.5 Å². The molecule has 0 spiro atoms. The zero-order chi connectivity index (χ0) is 19.4. The number of ketones is 1. The predicted molar refractivity (Wildman–Crippen MR) is 108 cm³/mol. The van der Waals surface area contributed by atoms with Crippen molar-refractivity contribution < 1.29 is 19.0 Å². The van der Waals surface area contributed by atoms with Gasteiger partial charge in [0.1, 0.15) is 11.9 Å². The number of carbonyl (C=O) groups is 1. The summed E-state index contributed by atoms with van der Waals surface area (Å²) in [6.07, 6.45) is 14.9. The van der Waals surface area contributed by atoms with Crippen molar-refractivity contribution in [3.05, 3.63) is 36.3 Å². The maximum Gasteiger partial charge on any atom is 0.166 e. The van der Waals surface area contributed by atoms with Crippen molar-refractivity contribution in [1.29, 1.82) is 0 Å². The second kappa shape index (κ2) is 11.7. The van der Waals surface area contributed by atoms with Crippen molar-refractivity contribution in [3.63, 3.8) is 0 Å². The lowest BCUT2D eigenvalue weighted by Gasteiger charge is -2.33. The molecule has 0 aromatic carbocycles. The van der Waals surface area contributed by atoms with E-state index in [1.54, 1.807) is 12.3 Å². The Labute approximate surface area is 168 Å². The highest BCUT2D eigenvalue weighted by Gasteiger charge is 2.34. The summed E-state index contributed by atoms with van der Waals surface area (Å²) >= 11 is 0. The number of unbranched alkanes of at least 4 members (excludes halogenated alkanes) is 1. The number of rotatable bonds is 7. The van der Waals surface area contributed by atoms with E-state index in [9.17, 15) is 4.79 Å². The summed E-state index contributed by atoms with van der Waals surface area (Å²) in [7, 11) is 0. The van der Waals surface area contributed by atoms with Gasteiger partial charge in [-0.2, -0.15) is 0 Å². The molecule has 0 bridgehead atoms. The van der Waals surface area contributed by atoms with E-state index in [1.807, 2.05) is 18.2 Å². The number of hydrogen-bond donors (Lipinski definition) is 0. The first-order valence-corrected chi connectivity index (χ1v) is 10.5. The van der Waals surface area contributed by atoms with Crippen LogP contribution < -0.4 is 0 Å². The van der Waals surface area contributed by atoms with E-state index in [0.717, 1.165) is 71.4 Å². The normalized spacial score (nSPS) is 25.7. The summed E-state index contributed by atoms with van der Waals surface area (Å²) in [6.45, 7) is 5.07. The van der Waals surface area contributed by atoms with Crippen LogP contribution in [0, 0.1) is 17.8 Å². The molecule has 2 fully saturated rings. The molecule has 2 aliphatic heterocycles. The third-order valence-electron chi connectivity index (χ3n) is 5.28. The van der Waals surface area contributed by atoms with Crippen LogP contribution in [0.2, 0.25) is 0 Å². The van der Waals surface area contributed by atoms with E-state index in [2.05, 4.69) is 16.7 Å². The van der Waals surface area contributed by atoms with Crippen molar-refractivity contribution in [3.8, 4) is 11.8 Å². The van der Waals surface area contributed by atoms with Crippen molar-refractivity contribution in [2.24, 2.45) is 5.92 Å². The third-order valence-corrected chi connectivity index (χ3v) is 5.28. The topological polar surface area (TPSA) is 48.0 Å². The number of ether oxygens (including phenoxy) is 3. The van der Waals surface area contributed by atoms with E-state index >= 15 is 0 Å². The smallest absolute Gasteiger partial charge is 0.166 e. The van der Waals surface area contributed by atoms with Crippen LogP contribution in [0.5, 0.6) is 0 Å². The molecule has 3 rings (SSSR count). The molecule has 2 heterocycles. The summed E-state index contributed by atoms with van der Waals surface area (Å²) in [5.74, 6) is 7.36. The molecule has 1 saturated carbocycles. The number of morpholine rings is 1. The van der Waals surface area contributed by atoms with E-state index in [-0.39, 0.29) is 17.8 Å². The quantitative estimate of drug-likeness (QED) is 0.291. The monoisotopic (exact) mass is 385 g/mol. The summed E-state index contributed by atoms with van der Waals surface area (Å²) in [4.78, 5) is 14.5. The average molecular weight is 386 g/mol. The van der Waals surface area contributed by atoms with Gasteiger partial charge in [0, 0.05) is 25.6 Å². The van der Waals surface area contributed by atoms with Crippen LogP contribution in [0.3, 0.4) is 0 Å². The molecular formula is C23H31NO4. The maximum absolute atomic E-state index is 12.2. The van der Waals surface area contributed by atoms with Crippen LogP contribution in [0.1, 0.15) is 38.5 Å². The van der Waals surface area contributed by atoms with Gasteiger partial charge in [-0.15, -0.1) is 5.92 Å². The third kappa shape index (κ3) is 6.85. The summed E-state index contributed by atoms with van der Waals surface area (Å²) in [5.41, 5.74) is 0. The van der Waals surface area contributed by atoms with Gasteiger partial charge in [0.25, 0.3) is 0 Å². The van der Waals surface area contributed by atoms with E-state index < -0.39 is 0 Å². The molecule has 152 valence electrons. The highest BCUT2D eigenvalue weighted by molar-refractivity contribution is 5.93. The zero-order valence-corrected chi connectivity index (χ0v) is 16.6. The largest absolute Gasteiger partial charge is 0.501 e. The fraction of sp³-hybridized carbons (Fsp3) is 0.609. The fourth-order valence-corrected chi connectivity index (χ4v) is 3.69. The average Bonchev–Trinajstić information content (AvgIpc) is 2.73. The fourth-order valence-electron chi connectivity index (χ4n) is 3.69. The Morgan fingerprint density at radius 2 is 2.04 bits per heavy atom. The van der Waals surface area contributed by atoms with Crippen LogP contribution >= 0.6 is 0 Å². The van der Waals surface area contributed by atoms with Crippen LogP contribution in [0.4, 0.5) is 0 Å². The van der Waals surface area contributed by atoms with Gasteiger partial charge in [-0.25, -0.2) is 0 Å². The minimum absolute atomic E-state index is 0.0653. The van der Waals surface area contributed by atoms with Crippen LogP contribution in [0.15, 0.2) is 36.3 Å². The molecule has 0 radical (unpaired) electrons. The van der Waals surface area contributed by atoms with E-state index in [0.29, 0.717) is 12.4 Å². The van der Waals surface area contributed by atoms with Gasteiger partial charge in [-0.1, -0.05) is 18.4 Å². The first kappa shape index (κ1) is 20.7. The second-order valence-electron chi connectivity index (χ2n) is 7.40. The lowest BCUT2D eigenvalue weighted by molar-refractivity contribution is -0.126. The Morgan fingerprint density at radius 3 is 2.93 bits per heavy atom. The summed E-state index contributed by atoms with van der Waals surface area (Å²) < 4.78 is 16.7. The maximum atomic E-state index is 12.2. The number of nitrogens with zero attached hydrogens (tertiary/aromatic N) is 1. The highest BCUT2D eigenvalue weighted by atomic mass is 16.5. The molecule has 2 atom stereocenters. The van der Waals surface area contributed by atoms with Crippen molar-refractivity contribution in [2.45, 2.75) is 44.6 Å². The van der Waals surface area contributed by atoms with Crippen LogP contribution in [0.25, 0.3) is 0 Å². The van der Waals surface area contributed by atoms with Gasteiger partial charge >= 0.3 is 0 Å². The van der Waals surface area contributed by atoms with Crippen LogP contribution in [-0.4, -0.2) is 56.2 Å². The first-order chi connectivity index (χ1) is 13.8. The predicted octanol–water partition coefficient (Wildman–Crippen LogP) is 3.23. The Morgan fingerprint density at radius 1 is 1.18 bits per heavy atom. The van der Waals surface area contributed by atoms with E-state index in [4.69, 9.17) is 14.2 Å². The molecule has 28 heavy (non-hydrogen) atoms. The lowest BCUT2D eigenvalue weighted by Crippen LogP contribution is -2.36. The number of fused-ring (bicyclic) bond motifs is 1. The number of hydrogen-bond acceptors (Lipinski definition) is 5. The molecule has 0 aromatic heterocycles. The molecule has 3 aliphatic rings. The molecule has 1 saturated heterocycles. The summed E-state index contributed by atoms with van der Waals surface area (Å²) in [5, 5.41) is 0. The van der Waals surface area contributed by atoms with Crippen molar-refractivity contribution in [2.75, 3.05) is 39.5 Å². The Hall–Kier alpha value is -2.03. The van der Waals surface area contributed by atoms with Gasteiger partial charge in [0.15, 0.2) is 5.78 Å². The minimum atomic E-state index is 0.0653. The number of allylic oxidation sites excluding steroid dienone is 4. The summed E-state index contributed by atoms with van der Waals surface area (Å²) in [6, 6.07) is 0. The molecule has 5 nitrogen and oxygen atoms in total. The van der Waals surface area contributed by atoms with Crippen molar-refractivity contribution >= 4 is 5.78 Å². The Kier molecular flexibility index (Phi) is 8.67. The minimum Gasteiger partial charge on any atom is -0.501 e. The molecule has 2 unspecified atom stereocenters. The zero-order valence-electron chi connectivity index (χ0n) is 16.6. The Balaban J connectivity index is 1.26. The van der Waals surface area contributed by atoms with Crippen LogP contribution in [-0.2, 0) is 19.0 Å². The molecule has 0 N–H and O–H groups in total. The second-order valence-corrected chi connectivity index (χ2v) is 7.40. The van der Waals surface area contributed by atoms with E-state index in [1.165, 1.54) is 0 Å². The van der Waals surface area contributed by atoms with Gasteiger partial charge in [0.2, 0.25) is 0 Å². The molecule has 1 aliphatic carbocycles. The highest BCUT2D eigenvalue weighted by Crippen LogP contribution is 2.32. The number of carbonyl (C=O) groups excluding carboxylic acids is 1. The van der Waals surface area contributed by atoms with Gasteiger partial charge in [-0.05, 0) is 37.8 Å². The first-order valence-electron chi connectivity index (χ1n) is 10.5. The molecular weight excluding hydrogens is 354 g/mol. The SMILES string of the molecule is O=C1C=C(/C=C\C=C\OCCCC#CCN2CCOCC2)OC2CCCCC12. The van der Waals surface area contributed by atoms with Crippen molar-refractivity contribution in [1.82, 2.24) is 4.90 Å².